The molecule has 0 unspecified atom stereocenters. The van der Waals surface area contributed by atoms with Crippen molar-refractivity contribution in [2.24, 2.45) is 0 Å². The van der Waals surface area contributed by atoms with Crippen LogP contribution in [-0.4, -0.2) is 31.7 Å². The summed E-state index contributed by atoms with van der Waals surface area (Å²) in [6, 6.07) is 3.37. The molecule has 7 heteroatoms. The minimum atomic E-state index is -1.10. The van der Waals surface area contributed by atoms with Crippen LogP contribution in [0.2, 0.25) is 0 Å². The number of H-pyrrole nitrogens is 1. The topological polar surface area (TPSA) is 100 Å². The third kappa shape index (κ3) is 3.21. The molecule has 1 amide bonds. The van der Waals surface area contributed by atoms with Gasteiger partial charge in [0, 0.05) is 31.1 Å². The molecule has 19 heavy (non-hydrogen) atoms. The van der Waals surface area contributed by atoms with Crippen LogP contribution in [0.1, 0.15) is 22.6 Å². The number of rotatable bonds is 5. The highest BCUT2D eigenvalue weighted by Crippen LogP contribution is 2.17. The largest absolute Gasteiger partial charge is 0.477 e. The Kier molecular flexibility index (Phi) is 3.65. The van der Waals surface area contributed by atoms with Crippen molar-refractivity contribution >= 4 is 17.6 Å². The molecule has 2 heterocycles. The van der Waals surface area contributed by atoms with E-state index < -0.39 is 5.97 Å². The fourth-order valence-electron chi connectivity index (χ4n) is 1.72. The second-order valence-corrected chi connectivity index (χ2v) is 4.11. The van der Waals surface area contributed by atoms with E-state index in [9.17, 15) is 9.59 Å². The number of anilines is 1. The molecule has 100 valence electrons. The molecule has 0 saturated heterocycles. The molecule has 0 aromatic carbocycles. The number of hydrogen-bond acceptors (Lipinski definition) is 3. The van der Waals surface area contributed by atoms with Crippen molar-refractivity contribution in [3.05, 3.63) is 35.9 Å². The van der Waals surface area contributed by atoms with Gasteiger partial charge in [-0.05, 0) is 19.1 Å². The van der Waals surface area contributed by atoms with Gasteiger partial charge in [-0.25, -0.2) is 4.79 Å². The number of carbonyl (C=O) groups is 2. The predicted molar refractivity (Wildman–Crippen MR) is 68.0 cm³/mol. The van der Waals surface area contributed by atoms with Gasteiger partial charge in [0.25, 0.3) is 0 Å². The number of amides is 1. The lowest BCUT2D eigenvalue weighted by molar-refractivity contribution is -0.116. The molecule has 2 rings (SSSR count). The predicted octanol–water partition coefficient (Wildman–Crippen LogP) is 1.25. The van der Waals surface area contributed by atoms with Crippen molar-refractivity contribution in [2.45, 2.75) is 19.9 Å². The smallest absolute Gasteiger partial charge is 0.354 e. The fourth-order valence-corrected chi connectivity index (χ4v) is 1.72. The van der Waals surface area contributed by atoms with Crippen LogP contribution in [0.5, 0.6) is 0 Å². The molecule has 7 nitrogen and oxygen atoms in total. The molecule has 3 N–H and O–H groups in total. The van der Waals surface area contributed by atoms with Crippen LogP contribution in [0.15, 0.2) is 24.5 Å². The first-order valence-corrected chi connectivity index (χ1v) is 5.76. The average molecular weight is 262 g/mol. The van der Waals surface area contributed by atoms with Crippen molar-refractivity contribution in [2.75, 3.05) is 5.32 Å². The molecule has 0 fully saturated rings. The van der Waals surface area contributed by atoms with Crippen LogP contribution < -0.4 is 5.32 Å². The third-order valence-electron chi connectivity index (χ3n) is 2.57. The Morgan fingerprint density at radius 1 is 1.53 bits per heavy atom. The Morgan fingerprint density at radius 3 is 2.95 bits per heavy atom. The van der Waals surface area contributed by atoms with E-state index in [1.807, 2.05) is 0 Å². The van der Waals surface area contributed by atoms with Gasteiger partial charge in [-0.3, -0.25) is 9.48 Å². The first kappa shape index (κ1) is 12.9. The van der Waals surface area contributed by atoms with Gasteiger partial charge in [0.15, 0.2) is 0 Å². The Bertz CT molecular complexity index is 586. The van der Waals surface area contributed by atoms with Crippen LogP contribution in [0.4, 0.5) is 5.69 Å². The zero-order valence-corrected chi connectivity index (χ0v) is 10.4. The standard InChI is InChI=1S/C12H14N4O3/c1-8-7-9(11(14-8)12(18)19)15-10(17)3-6-16-5-2-4-13-16/h2,4-5,7,14H,3,6H2,1H3,(H,15,17)(H,18,19). The van der Waals surface area contributed by atoms with Crippen LogP contribution in [0, 0.1) is 6.92 Å². The van der Waals surface area contributed by atoms with Crippen molar-refractivity contribution < 1.29 is 14.7 Å². The SMILES string of the molecule is Cc1cc(NC(=O)CCn2cccn2)c(C(=O)O)[nH]1. The molecule has 0 spiro atoms. The van der Waals surface area contributed by atoms with Crippen LogP contribution in [-0.2, 0) is 11.3 Å². The van der Waals surface area contributed by atoms with E-state index in [0.29, 0.717) is 12.2 Å². The minimum Gasteiger partial charge on any atom is -0.477 e. The number of aromatic amines is 1. The summed E-state index contributed by atoms with van der Waals surface area (Å²) in [6.07, 6.45) is 3.62. The number of carbonyl (C=O) groups excluding carboxylic acids is 1. The van der Waals surface area contributed by atoms with Crippen LogP contribution >= 0.6 is 0 Å². The first-order chi connectivity index (χ1) is 9.06. The number of hydrogen-bond donors (Lipinski definition) is 3. The Labute approximate surface area is 109 Å². The lowest BCUT2D eigenvalue weighted by Crippen LogP contribution is -2.16. The normalized spacial score (nSPS) is 10.4. The van der Waals surface area contributed by atoms with Crippen molar-refractivity contribution in [1.82, 2.24) is 14.8 Å². The van der Waals surface area contributed by atoms with Crippen molar-refractivity contribution in [3.63, 3.8) is 0 Å². The quantitative estimate of drug-likeness (QED) is 0.754. The van der Waals surface area contributed by atoms with Crippen LogP contribution in [0.25, 0.3) is 0 Å². The molecule has 0 atom stereocenters. The molecular formula is C12H14N4O3. The molecular weight excluding hydrogens is 248 g/mol. The van der Waals surface area contributed by atoms with E-state index >= 15 is 0 Å². The average Bonchev–Trinajstić information content (AvgIpc) is 2.96. The number of aromatic carboxylic acids is 1. The Hall–Kier alpha value is -2.57. The van der Waals surface area contributed by atoms with E-state index in [1.54, 1.807) is 36.1 Å². The highest BCUT2D eigenvalue weighted by molar-refractivity contribution is 5.99. The highest BCUT2D eigenvalue weighted by atomic mass is 16.4. The Morgan fingerprint density at radius 2 is 2.32 bits per heavy atom. The second-order valence-electron chi connectivity index (χ2n) is 4.11. The number of carboxylic acid groups (broad SMARTS) is 1. The number of nitrogens with zero attached hydrogens (tertiary/aromatic N) is 2. The third-order valence-corrected chi connectivity index (χ3v) is 2.57. The van der Waals surface area contributed by atoms with Crippen molar-refractivity contribution in [3.8, 4) is 0 Å². The zero-order valence-electron chi connectivity index (χ0n) is 10.4. The van der Waals surface area contributed by atoms with Gasteiger partial charge in [0.2, 0.25) is 5.91 Å². The summed E-state index contributed by atoms with van der Waals surface area (Å²) < 4.78 is 1.64. The summed E-state index contributed by atoms with van der Waals surface area (Å²) >= 11 is 0. The maximum absolute atomic E-state index is 11.7. The lowest BCUT2D eigenvalue weighted by atomic mass is 10.3. The maximum atomic E-state index is 11.7. The monoisotopic (exact) mass is 262 g/mol. The number of aromatic nitrogens is 3. The molecule has 0 aliphatic heterocycles. The zero-order chi connectivity index (χ0) is 13.8. The van der Waals surface area contributed by atoms with Gasteiger partial charge >= 0.3 is 5.97 Å². The summed E-state index contributed by atoms with van der Waals surface area (Å²) in [7, 11) is 0. The first-order valence-electron chi connectivity index (χ1n) is 5.76. The molecule has 2 aromatic rings. The number of carboxylic acids is 1. The van der Waals surface area contributed by atoms with Crippen LogP contribution in [0.3, 0.4) is 0 Å². The van der Waals surface area contributed by atoms with Gasteiger partial charge in [-0.15, -0.1) is 0 Å². The fraction of sp³-hybridized carbons (Fsp3) is 0.250. The highest BCUT2D eigenvalue weighted by Gasteiger charge is 2.15. The molecule has 0 radical (unpaired) electrons. The van der Waals surface area contributed by atoms with E-state index in [0.717, 1.165) is 0 Å². The second kappa shape index (κ2) is 5.38. The molecule has 2 aromatic heterocycles. The number of aryl methyl sites for hydroxylation is 2. The summed E-state index contributed by atoms with van der Waals surface area (Å²) in [5.74, 6) is -1.35. The summed E-state index contributed by atoms with van der Waals surface area (Å²) in [5, 5.41) is 15.5. The maximum Gasteiger partial charge on any atom is 0.354 e. The van der Waals surface area contributed by atoms with Gasteiger partial charge in [-0.2, -0.15) is 5.10 Å². The molecule has 0 saturated carbocycles. The van der Waals surface area contributed by atoms with Gasteiger partial charge < -0.3 is 15.4 Å². The lowest BCUT2D eigenvalue weighted by Gasteiger charge is -2.04. The van der Waals surface area contributed by atoms with E-state index in [-0.39, 0.29) is 23.7 Å². The molecule has 0 bridgehead atoms. The van der Waals surface area contributed by atoms with Gasteiger partial charge in [0.1, 0.15) is 5.69 Å². The summed E-state index contributed by atoms with van der Waals surface area (Å²) in [6.45, 7) is 2.18. The van der Waals surface area contributed by atoms with E-state index in [1.165, 1.54) is 0 Å². The van der Waals surface area contributed by atoms with Crippen molar-refractivity contribution in [1.29, 1.82) is 0 Å². The number of nitrogens with one attached hydrogen (secondary N) is 2. The van der Waals surface area contributed by atoms with E-state index in [2.05, 4.69) is 15.4 Å². The van der Waals surface area contributed by atoms with E-state index in [4.69, 9.17) is 5.11 Å². The molecule has 0 aliphatic carbocycles. The van der Waals surface area contributed by atoms with Gasteiger partial charge in [0.05, 0.1) is 5.69 Å². The van der Waals surface area contributed by atoms with Gasteiger partial charge in [-0.1, -0.05) is 0 Å². The minimum absolute atomic E-state index is 0.00932. The Balaban J connectivity index is 1.97. The summed E-state index contributed by atoms with van der Waals surface area (Å²) in [4.78, 5) is 25.4. The summed E-state index contributed by atoms with van der Waals surface area (Å²) in [5.41, 5.74) is 0.959. The molecule has 0 aliphatic rings.